The molecule has 0 fully saturated rings. The maximum atomic E-state index is 12.6. The highest BCUT2D eigenvalue weighted by molar-refractivity contribution is 5.90. The van der Waals surface area contributed by atoms with E-state index in [2.05, 4.69) is 79.3 Å². The number of hydrogen-bond acceptors (Lipinski definition) is 4. The van der Waals surface area contributed by atoms with E-state index in [4.69, 9.17) is 0 Å². The number of nitrogens with one attached hydrogen (secondary N) is 1. The molecule has 152 valence electrons. The number of benzene rings is 1. The molecule has 1 amide bonds. The molecule has 0 spiro atoms. The van der Waals surface area contributed by atoms with Crippen LogP contribution in [-0.4, -0.2) is 25.7 Å². The molecule has 0 aliphatic carbocycles. The molecular formula is C23H29N5O. The van der Waals surface area contributed by atoms with E-state index in [1.165, 1.54) is 5.56 Å². The van der Waals surface area contributed by atoms with Crippen molar-refractivity contribution in [2.45, 2.75) is 58.8 Å². The first-order valence-corrected chi connectivity index (χ1v) is 10.0. The van der Waals surface area contributed by atoms with Crippen LogP contribution in [0.25, 0.3) is 5.95 Å². The molecule has 0 unspecified atom stereocenters. The third-order valence-electron chi connectivity index (χ3n) is 4.77. The minimum absolute atomic E-state index is 0.0597. The average molecular weight is 392 g/mol. The van der Waals surface area contributed by atoms with E-state index in [0.717, 1.165) is 11.3 Å². The Morgan fingerprint density at radius 3 is 2.34 bits per heavy atom. The topological polar surface area (TPSA) is 72.7 Å². The van der Waals surface area contributed by atoms with E-state index in [1.807, 2.05) is 6.07 Å². The van der Waals surface area contributed by atoms with Crippen LogP contribution in [0, 0.1) is 0 Å². The maximum Gasteiger partial charge on any atom is 0.252 e. The fraction of sp³-hybridized carbons (Fsp3) is 0.391. The van der Waals surface area contributed by atoms with E-state index < -0.39 is 0 Å². The molecule has 0 radical (unpaired) electrons. The summed E-state index contributed by atoms with van der Waals surface area (Å²) in [5.41, 5.74) is 3.17. The van der Waals surface area contributed by atoms with Crippen LogP contribution >= 0.6 is 0 Å². The lowest BCUT2D eigenvalue weighted by Gasteiger charge is -2.13. The van der Waals surface area contributed by atoms with Crippen LogP contribution in [-0.2, 0) is 16.6 Å². The SMILES string of the molecule is CC(C)c1ccc(CCC(=O)Nc2cc(C(C)(C)C)nn2-c2ncccn2)cc1. The zero-order chi connectivity index (χ0) is 21.0. The second kappa shape index (κ2) is 8.55. The largest absolute Gasteiger partial charge is 0.310 e. The maximum absolute atomic E-state index is 12.6. The molecule has 6 heteroatoms. The van der Waals surface area contributed by atoms with Gasteiger partial charge in [0.1, 0.15) is 5.82 Å². The third-order valence-corrected chi connectivity index (χ3v) is 4.77. The highest BCUT2D eigenvalue weighted by atomic mass is 16.1. The van der Waals surface area contributed by atoms with Crippen molar-refractivity contribution in [3.8, 4) is 5.95 Å². The zero-order valence-corrected chi connectivity index (χ0v) is 17.8. The molecule has 0 atom stereocenters. The van der Waals surface area contributed by atoms with Crippen molar-refractivity contribution in [1.82, 2.24) is 19.7 Å². The van der Waals surface area contributed by atoms with Crippen molar-refractivity contribution >= 4 is 11.7 Å². The number of aryl methyl sites for hydroxylation is 1. The minimum atomic E-state index is -0.155. The first-order valence-electron chi connectivity index (χ1n) is 10.0. The molecule has 0 aliphatic heterocycles. The van der Waals surface area contributed by atoms with Gasteiger partial charge in [-0.05, 0) is 29.5 Å². The molecule has 2 heterocycles. The molecule has 1 N–H and O–H groups in total. The van der Waals surface area contributed by atoms with Crippen molar-refractivity contribution in [3.05, 3.63) is 65.6 Å². The monoisotopic (exact) mass is 391 g/mol. The molecule has 2 aromatic heterocycles. The lowest BCUT2D eigenvalue weighted by atomic mass is 9.92. The lowest BCUT2D eigenvalue weighted by Crippen LogP contribution is -2.16. The van der Waals surface area contributed by atoms with Crippen molar-refractivity contribution in [1.29, 1.82) is 0 Å². The van der Waals surface area contributed by atoms with Gasteiger partial charge in [-0.25, -0.2) is 9.97 Å². The molecule has 0 bridgehead atoms. The van der Waals surface area contributed by atoms with Gasteiger partial charge in [0, 0.05) is 30.3 Å². The Kier molecular flexibility index (Phi) is 6.11. The van der Waals surface area contributed by atoms with E-state index >= 15 is 0 Å². The van der Waals surface area contributed by atoms with Crippen LogP contribution in [0.15, 0.2) is 48.8 Å². The summed E-state index contributed by atoms with van der Waals surface area (Å²) in [6.07, 6.45) is 4.40. The standard InChI is InChI=1S/C23H29N5O/c1-16(2)18-10-7-17(8-11-18)9-12-21(29)26-20-15-19(23(3,4)5)27-28(20)22-24-13-6-14-25-22/h6-8,10-11,13-16H,9,12H2,1-5H3,(H,26,29). The summed E-state index contributed by atoms with van der Waals surface area (Å²) >= 11 is 0. The zero-order valence-electron chi connectivity index (χ0n) is 17.8. The van der Waals surface area contributed by atoms with Gasteiger partial charge in [0.15, 0.2) is 0 Å². The first kappa shape index (κ1) is 20.7. The highest BCUT2D eigenvalue weighted by Gasteiger charge is 2.22. The summed E-state index contributed by atoms with van der Waals surface area (Å²) in [6.45, 7) is 10.6. The summed E-state index contributed by atoms with van der Waals surface area (Å²) < 4.78 is 1.59. The average Bonchev–Trinajstić information content (AvgIpc) is 3.11. The summed E-state index contributed by atoms with van der Waals surface area (Å²) in [4.78, 5) is 21.1. The van der Waals surface area contributed by atoms with Crippen LogP contribution in [0.5, 0.6) is 0 Å². The van der Waals surface area contributed by atoms with Gasteiger partial charge in [0.2, 0.25) is 5.91 Å². The van der Waals surface area contributed by atoms with Crippen LogP contribution in [0.2, 0.25) is 0 Å². The fourth-order valence-corrected chi connectivity index (χ4v) is 2.92. The first-order chi connectivity index (χ1) is 13.7. The van der Waals surface area contributed by atoms with Crippen LogP contribution < -0.4 is 5.32 Å². The molecule has 0 saturated carbocycles. The van der Waals surface area contributed by atoms with Crippen molar-refractivity contribution in [3.63, 3.8) is 0 Å². The molecule has 0 aliphatic rings. The molecule has 1 aromatic carbocycles. The van der Waals surface area contributed by atoms with E-state index in [-0.39, 0.29) is 11.3 Å². The van der Waals surface area contributed by atoms with Crippen LogP contribution in [0.1, 0.15) is 63.8 Å². The number of carbonyl (C=O) groups excluding carboxylic acids is 1. The predicted molar refractivity (Wildman–Crippen MR) is 115 cm³/mol. The Bertz CT molecular complexity index is 953. The Hall–Kier alpha value is -3.02. The van der Waals surface area contributed by atoms with Gasteiger partial charge in [-0.1, -0.05) is 58.9 Å². The summed E-state index contributed by atoms with van der Waals surface area (Å²) in [5, 5.41) is 7.61. The fourth-order valence-electron chi connectivity index (χ4n) is 2.92. The Labute approximate surface area is 172 Å². The molecule has 0 saturated heterocycles. The van der Waals surface area contributed by atoms with Gasteiger partial charge >= 0.3 is 0 Å². The quantitative estimate of drug-likeness (QED) is 0.663. The second-order valence-electron chi connectivity index (χ2n) is 8.57. The van der Waals surface area contributed by atoms with Crippen molar-refractivity contribution in [2.75, 3.05) is 5.32 Å². The summed E-state index contributed by atoms with van der Waals surface area (Å²) in [5.74, 6) is 1.46. The van der Waals surface area contributed by atoms with Gasteiger partial charge in [-0.3, -0.25) is 4.79 Å². The smallest absolute Gasteiger partial charge is 0.252 e. The predicted octanol–water partition coefficient (Wildman–Crippen LogP) is 4.65. The minimum Gasteiger partial charge on any atom is -0.310 e. The second-order valence-corrected chi connectivity index (χ2v) is 8.57. The van der Waals surface area contributed by atoms with Gasteiger partial charge in [-0.2, -0.15) is 9.78 Å². The number of carbonyl (C=O) groups is 1. The van der Waals surface area contributed by atoms with Gasteiger partial charge in [-0.15, -0.1) is 0 Å². The van der Waals surface area contributed by atoms with E-state index in [1.54, 1.807) is 23.1 Å². The number of anilines is 1. The normalized spacial score (nSPS) is 11.7. The molecular weight excluding hydrogens is 362 g/mol. The lowest BCUT2D eigenvalue weighted by molar-refractivity contribution is -0.116. The number of rotatable bonds is 6. The highest BCUT2D eigenvalue weighted by Crippen LogP contribution is 2.25. The summed E-state index contributed by atoms with van der Waals surface area (Å²) in [6, 6.07) is 12.1. The number of aromatic nitrogens is 4. The van der Waals surface area contributed by atoms with Crippen LogP contribution in [0.3, 0.4) is 0 Å². The van der Waals surface area contributed by atoms with Gasteiger partial charge in [0.25, 0.3) is 5.95 Å². The Morgan fingerprint density at radius 1 is 1.10 bits per heavy atom. The summed E-state index contributed by atoms with van der Waals surface area (Å²) in [7, 11) is 0. The van der Waals surface area contributed by atoms with Crippen molar-refractivity contribution < 1.29 is 4.79 Å². The van der Waals surface area contributed by atoms with Crippen molar-refractivity contribution in [2.24, 2.45) is 0 Å². The van der Waals surface area contributed by atoms with E-state index in [9.17, 15) is 4.79 Å². The van der Waals surface area contributed by atoms with E-state index in [0.29, 0.717) is 30.5 Å². The third kappa shape index (κ3) is 5.28. The molecule has 29 heavy (non-hydrogen) atoms. The number of hydrogen-bond donors (Lipinski definition) is 1. The van der Waals surface area contributed by atoms with Crippen LogP contribution in [0.4, 0.5) is 5.82 Å². The molecule has 3 rings (SSSR count). The van der Waals surface area contributed by atoms with Gasteiger partial charge in [0.05, 0.1) is 5.69 Å². The Balaban J connectivity index is 1.73. The molecule has 6 nitrogen and oxygen atoms in total. The number of amides is 1. The number of nitrogens with zero attached hydrogens (tertiary/aromatic N) is 4. The van der Waals surface area contributed by atoms with Gasteiger partial charge < -0.3 is 5.32 Å². The molecule has 3 aromatic rings. The Morgan fingerprint density at radius 2 is 1.76 bits per heavy atom.